The molecule has 0 radical (unpaired) electrons. The molecule has 7 rings (SSSR count). The first-order chi connectivity index (χ1) is 22.9. The molecule has 6 atom stereocenters. The number of para-hydroxylation sites is 1. The summed E-state index contributed by atoms with van der Waals surface area (Å²) in [5.41, 5.74) is -0.820. The monoisotopic (exact) mass is 656 g/mol. The summed E-state index contributed by atoms with van der Waals surface area (Å²) >= 11 is 0. The third-order valence-corrected chi connectivity index (χ3v) is 10.0. The Kier molecular flexibility index (Phi) is 7.86. The maximum Gasteiger partial charge on any atom is 0.202 e. The van der Waals surface area contributed by atoms with E-state index in [2.05, 4.69) is 11.1 Å². The first-order valence-corrected chi connectivity index (χ1v) is 15.9. The molecule has 2 aliphatic heterocycles. The van der Waals surface area contributed by atoms with Crippen LogP contribution >= 0.6 is 0 Å². The van der Waals surface area contributed by atoms with Gasteiger partial charge in [-0.05, 0) is 38.0 Å². The summed E-state index contributed by atoms with van der Waals surface area (Å²) in [6.07, 6.45) is -2.09. The number of ether oxygens (including phenoxy) is 3. The number of hydrogen-bond acceptors (Lipinski definition) is 11. The number of ketones is 3. The second kappa shape index (κ2) is 11.8. The van der Waals surface area contributed by atoms with Crippen molar-refractivity contribution in [3.05, 3.63) is 81.4 Å². The lowest BCUT2D eigenvalue weighted by molar-refractivity contribution is -0.246. The van der Waals surface area contributed by atoms with Crippen LogP contribution in [0.15, 0.2) is 47.5 Å². The summed E-state index contributed by atoms with van der Waals surface area (Å²) in [6, 6.07) is 11.8. The fourth-order valence-corrected chi connectivity index (χ4v) is 7.40. The summed E-state index contributed by atoms with van der Waals surface area (Å²) in [5, 5.41) is 45.8. The number of carbonyl (C=O) groups is 3. The molecule has 4 N–H and O–H groups in total. The van der Waals surface area contributed by atoms with Gasteiger partial charge in [-0.15, -0.1) is 0 Å². The molecule has 12 nitrogen and oxygen atoms in total. The van der Waals surface area contributed by atoms with E-state index < -0.39 is 82.6 Å². The zero-order valence-electron chi connectivity index (χ0n) is 26.7. The number of carbonyl (C=O) groups excluding carboxylic acids is 3. The first-order valence-electron chi connectivity index (χ1n) is 15.9. The minimum atomic E-state index is -2.03. The number of rotatable bonds is 6. The molecule has 0 saturated carbocycles. The molecule has 5 unspecified atom stereocenters. The molecule has 2 heterocycles. The maximum absolute atomic E-state index is 13.9. The lowest BCUT2D eigenvalue weighted by Gasteiger charge is -2.42. The Bertz CT molecular complexity index is 1890. The molecule has 0 aromatic heterocycles. The Morgan fingerprint density at radius 2 is 1.81 bits per heavy atom. The van der Waals surface area contributed by atoms with Gasteiger partial charge in [-0.25, -0.2) is 0 Å². The van der Waals surface area contributed by atoms with Crippen molar-refractivity contribution in [3.8, 4) is 17.2 Å². The zero-order chi connectivity index (χ0) is 34.1. The Hall–Kier alpha value is -4.62. The number of phenolic OH excluding ortho intramolecular Hbond substituents is 2. The third kappa shape index (κ3) is 4.98. The number of aliphatic imine (C=N–C) groups is 1. The molecule has 12 heteroatoms. The Morgan fingerprint density at radius 1 is 1.06 bits per heavy atom. The molecular formula is C36H36N2O10. The van der Waals surface area contributed by atoms with Gasteiger partial charge >= 0.3 is 0 Å². The highest BCUT2D eigenvalue weighted by Crippen LogP contribution is 2.52. The summed E-state index contributed by atoms with van der Waals surface area (Å²) in [7, 11) is 1.35. The van der Waals surface area contributed by atoms with E-state index in [1.54, 1.807) is 13.3 Å². The number of hydrogen-bond donors (Lipinski definition) is 4. The van der Waals surface area contributed by atoms with Gasteiger partial charge in [0.05, 0.1) is 48.4 Å². The van der Waals surface area contributed by atoms with E-state index in [1.807, 2.05) is 23.1 Å². The number of aliphatic hydroxyl groups excluding tert-OH is 1. The molecule has 3 aromatic rings. The quantitative estimate of drug-likeness (QED) is 0.136. The van der Waals surface area contributed by atoms with Crippen molar-refractivity contribution >= 4 is 29.4 Å². The SMILES string of the molecule is COc1cccc2c1C(=O)c1c(O)c3c(c(O)c1C2=O)CC(O)(C(C)=O)C[C@@H]3OC1CC(N=CN2CCc3ccccc32)C(O)C(C)O1. The normalized spacial score (nSPS) is 27.8. The smallest absolute Gasteiger partial charge is 0.202 e. The van der Waals surface area contributed by atoms with E-state index in [1.165, 1.54) is 37.8 Å². The van der Waals surface area contributed by atoms with Crippen molar-refractivity contribution in [1.82, 2.24) is 0 Å². The lowest BCUT2D eigenvalue weighted by atomic mass is 9.72. The van der Waals surface area contributed by atoms with E-state index in [0.29, 0.717) is 0 Å². The molecule has 0 amide bonds. The van der Waals surface area contributed by atoms with Crippen molar-refractivity contribution in [2.24, 2.45) is 4.99 Å². The van der Waals surface area contributed by atoms with Crippen molar-refractivity contribution in [2.75, 3.05) is 18.6 Å². The molecule has 0 spiro atoms. The van der Waals surface area contributed by atoms with E-state index >= 15 is 0 Å². The first kappa shape index (κ1) is 32.0. The van der Waals surface area contributed by atoms with Crippen molar-refractivity contribution in [3.63, 3.8) is 0 Å². The predicted octanol–water partition coefficient (Wildman–Crippen LogP) is 3.16. The van der Waals surface area contributed by atoms with E-state index in [0.717, 1.165) is 18.7 Å². The van der Waals surface area contributed by atoms with Gasteiger partial charge in [0.1, 0.15) is 29.0 Å². The third-order valence-electron chi connectivity index (χ3n) is 10.0. The Balaban J connectivity index is 1.25. The minimum absolute atomic E-state index is 0.0147. The summed E-state index contributed by atoms with van der Waals surface area (Å²) in [6.45, 7) is 3.61. The largest absolute Gasteiger partial charge is 0.507 e. The van der Waals surface area contributed by atoms with Crippen LogP contribution in [0.1, 0.15) is 81.3 Å². The van der Waals surface area contributed by atoms with Crippen LogP contribution in [0.25, 0.3) is 0 Å². The molecule has 2 aliphatic carbocycles. The van der Waals surface area contributed by atoms with Crippen LogP contribution in [0, 0.1) is 0 Å². The highest BCUT2D eigenvalue weighted by Gasteiger charge is 2.49. The van der Waals surface area contributed by atoms with E-state index in [9.17, 15) is 34.8 Å². The second-order valence-corrected chi connectivity index (χ2v) is 12.9. The average Bonchev–Trinajstić information content (AvgIpc) is 3.48. The standard InChI is InChI=1S/C36H36N2O10/c1-17-31(40)22(37-16-38-12-11-19-7-4-5-9-23(19)38)13-26(47-17)48-25-15-36(45,18(2)39)14-21-28(25)35(44)30-29(33(21)42)32(41)20-8-6-10-24(46-3)27(20)34(30)43/h4-10,16-17,22,25-26,31,40,42,44-45H,11-15H2,1-3H3/t17?,22?,25-,26?,31?,36?/m0/s1. The van der Waals surface area contributed by atoms with Gasteiger partial charge in [0.15, 0.2) is 17.9 Å². The summed E-state index contributed by atoms with van der Waals surface area (Å²) < 4.78 is 17.7. The minimum Gasteiger partial charge on any atom is -0.507 e. The number of anilines is 1. The number of Topliss-reactive ketones (excluding diaryl/α,β-unsaturated/α-hetero) is 1. The fraction of sp³-hybridized carbons (Fsp3) is 0.389. The number of phenols is 2. The summed E-state index contributed by atoms with van der Waals surface area (Å²) in [5.74, 6) is -3.17. The molecule has 3 aromatic carbocycles. The molecule has 1 saturated heterocycles. The van der Waals surface area contributed by atoms with Gasteiger partial charge in [-0.2, -0.15) is 0 Å². The number of fused-ring (bicyclic) bond motifs is 4. The lowest BCUT2D eigenvalue weighted by Crippen LogP contribution is -2.49. The van der Waals surface area contributed by atoms with Crippen LogP contribution < -0.4 is 9.64 Å². The van der Waals surface area contributed by atoms with Gasteiger partial charge in [0.2, 0.25) is 5.78 Å². The van der Waals surface area contributed by atoms with E-state index in [4.69, 9.17) is 14.2 Å². The van der Waals surface area contributed by atoms with Gasteiger partial charge in [-0.3, -0.25) is 19.4 Å². The molecule has 250 valence electrons. The Labute approximate surface area is 276 Å². The number of methoxy groups -OCH3 is 1. The zero-order valence-corrected chi connectivity index (χ0v) is 26.7. The highest BCUT2D eigenvalue weighted by atomic mass is 16.7. The van der Waals surface area contributed by atoms with Crippen LogP contribution in [0.2, 0.25) is 0 Å². The van der Waals surface area contributed by atoms with E-state index in [-0.39, 0.29) is 40.8 Å². The number of benzene rings is 3. The Morgan fingerprint density at radius 3 is 2.56 bits per heavy atom. The molecule has 4 aliphatic rings. The number of aromatic hydroxyl groups is 2. The van der Waals surface area contributed by atoms with Gasteiger partial charge in [0.25, 0.3) is 0 Å². The maximum atomic E-state index is 13.9. The fourth-order valence-electron chi connectivity index (χ4n) is 7.40. The van der Waals surface area contributed by atoms with Crippen LogP contribution in [0.3, 0.4) is 0 Å². The van der Waals surface area contributed by atoms with Crippen LogP contribution in [0.5, 0.6) is 17.2 Å². The number of nitrogens with zero attached hydrogens (tertiary/aromatic N) is 2. The van der Waals surface area contributed by atoms with Gasteiger partial charge < -0.3 is 39.5 Å². The molecular weight excluding hydrogens is 620 g/mol. The van der Waals surface area contributed by atoms with Gasteiger partial charge in [-0.1, -0.05) is 30.3 Å². The van der Waals surface area contributed by atoms with Crippen LogP contribution in [-0.4, -0.2) is 87.9 Å². The van der Waals surface area contributed by atoms with Crippen molar-refractivity contribution in [2.45, 2.75) is 75.8 Å². The van der Waals surface area contributed by atoms with Crippen molar-refractivity contribution < 1.29 is 49.0 Å². The molecule has 0 bridgehead atoms. The molecule has 1 fully saturated rings. The van der Waals surface area contributed by atoms with Gasteiger partial charge in [0, 0.05) is 48.2 Å². The highest BCUT2D eigenvalue weighted by molar-refractivity contribution is 6.31. The summed E-state index contributed by atoms with van der Waals surface area (Å²) in [4.78, 5) is 47.1. The van der Waals surface area contributed by atoms with Crippen LogP contribution in [0.4, 0.5) is 5.69 Å². The predicted molar refractivity (Wildman–Crippen MR) is 172 cm³/mol. The molecule has 48 heavy (non-hydrogen) atoms. The van der Waals surface area contributed by atoms with Crippen molar-refractivity contribution in [1.29, 1.82) is 0 Å². The second-order valence-electron chi connectivity index (χ2n) is 12.9. The number of aliphatic hydroxyl groups is 2. The topological polar surface area (TPSA) is 175 Å². The average molecular weight is 657 g/mol. The van der Waals surface area contributed by atoms with Crippen LogP contribution in [-0.2, 0) is 27.1 Å².